The third-order valence-electron chi connectivity index (χ3n) is 1.80. The van der Waals surface area contributed by atoms with Crippen molar-refractivity contribution in [2.24, 2.45) is 0 Å². The van der Waals surface area contributed by atoms with E-state index in [1.165, 1.54) is 18.4 Å². The molecule has 1 saturated carbocycles. The van der Waals surface area contributed by atoms with Crippen molar-refractivity contribution in [1.29, 1.82) is 0 Å². The first-order chi connectivity index (χ1) is 5.36. The van der Waals surface area contributed by atoms with E-state index in [1.807, 2.05) is 24.3 Å². The van der Waals surface area contributed by atoms with Crippen LogP contribution in [0.3, 0.4) is 0 Å². The van der Waals surface area contributed by atoms with Gasteiger partial charge in [0, 0.05) is 5.02 Å². The zero-order valence-electron chi connectivity index (χ0n) is 6.18. The summed E-state index contributed by atoms with van der Waals surface area (Å²) in [7, 11) is 0. The maximum Gasteiger partial charge on any atom is 0.0478 e. The van der Waals surface area contributed by atoms with Crippen LogP contribution in [0.4, 0.5) is 0 Å². The molecular formula is C10H9Cl. The lowest BCUT2D eigenvalue weighted by atomic mass is 10.2. The maximum atomic E-state index is 5.95. The predicted molar refractivity (Wildman–Crippen MR) is 48.7 cm³/mol. The molecule has 0 bridgehead atoms. The van der Waals surface area contributed by atoms with Gasteiger partial charge < -0.3 is 0 Å². The minimum atomic E-state index is 0.854. The minimum absolute atomic E-state index is 0.854. The fourth-order valence-corrected chi connectivity index (χ4v) is 1.22. The van der Waals surface area contributed by atoms with Crippen LogP contribution in [-0.4, -0.2) is 0 Å². The van der Waals surface area contributed by atoms with Gasteiger partial charge in [0.2, 0.25) is 0 Å². The Labute approximate surface area is 71.5 Å². The Hall–Kier alpha value is -0.750. The average Bonchev–Trinajstić information content (AvgIpc) is 2.78. The van der Waals surface area contributed by atoms with Crippen molar-refractivity contribution < 1.29 is 0 Å². The van der Waals surface area contributed by atoms with E-state index in [0.29, 0.717) is 0 Å². The molecule has 0 aliphatic heterocycles. The molecular weight excluding hydrogens is 156 g/mol. The first-order valence-electron chi connectivity index (χ1n) is 3.80. The Morgan fingerprint density at radius 2 is 1.91 bits per heavy atom. The van der Waals surface area contributed by atoms with Crippen LogP contribution >= 0.6 is 11.6 Å². The minimum Gasteiger partial charge on any atom is -0.0837 e. The van der Waals surface area contributed by atoms with E-state index in [-0.39, 0.29) is 0 Å². The third-order valence-corrected chi connectivity index (χ3v) is 2.15. The Kier molecular flexibility index (Phi) is 1.71. The highest BCUT2D eigenvalue weighted by Gasteiger charge is 2.10. The second-order valence-corrected chi connectivity index (χ2v) is 3.23. The van der Waals surface area contributed by atoms with Gasteiger partial charge in [0.15, 0.2) is 0 Å². The molecule has 0 unspecified atom stereocenters. The first-order valence-corrected chi connectivity index (χ1v) is 4.18. The van der Waals surface area contributed by atoms with Gasteiger partial charge in [-0.05, 0) is 24.5 Å². The number of hydrogen-bond donors (Lipinski definition) is 0. The molecule has 0 spiro atoms. The van der Waals surface area contributed by atoms with E-state index in [1.54, 1.807) is 0 Å². The average molecular weight is 165 g/mol. The summed E-state index contributed by atoms with van der Waals surface area (Å²) >= 11 is 5.95. The van der Waals surface area contributed by atoms with Crippen molar-refractivity contribution in [3.63, 3.8) is 0 Å². The van der Waals surface area contributed by atoms with E-state index < -0.39 is 0 Å². The van der Waals surface area contributed by atoms with Crippen LogP contribution in [0.5, 0.6) is 0 Å². The summed E-state index contributed by atoms with van der Waals surface area (Å²) in [6.07, 6.45) is 4.69. The summed E-state index contributed by atoms with van der Waals surface area (Å²) < 4.78 is 0. The van der Waals surface area contributed by atoms with E-state index >= 15 is 0 Å². The Bertz CT molecular complexity index is 293. The molecule has 0 N–H and O–H groups in total. The van der Waals surface area contributed by atoms with Crippen LogP contribution in [0.15, 0.2) is 29.8 Å². The molecule has 0 radical (unpaired) electrons. The molecule has 1 aliphatic carbocycles. The van der Waals surface area contributed by atoms with Crippen molar-refractivity contribution in [1.82, 2.24) is 0 Å². The van der Waals surface area contributed by atoms with Crippen molar-refractivity contribution in [3.8, 4) is 0 Å². The molecule has 0 heterocycles. The molecule has 1 aromatic carbocycles. The summed E-state index contributed by atoms with van der Waals surface area (Å²) in [5, 5.41) is 0.854. The fraction of sp³-hybridized carbons (Fsp3) is 0.200. The molecule has 0 nitrogen and oxygen atoms in total. The summed E-state index contributed by atoms with van der Waals surface area (Å²) in [5.41, 5.74) is 2.67. The summed E-state index contributed by atoms with van der Waals surface area (Å²) in [4.78, 5) is 0. The van der Waals surface area contributed by atoms with Gasteiger partial charge in [-0.3, -0.25) is 0 Å². The topological polar surface area (TPSA) is 0 Å². The van der Waals surface area contributed by atoms with Crippen molar-refractivity contribution >= 4 is 17.7 Å². The molecule has 2 rings (SSSR count). The van der Waals surface area contributed by atoms with Crippen molar-refractivity contribution in [2.45, 2.75) is 12.8 Å². The monoisotopic (exact) mass is 164 g/mol. The van der Waals surface area contributed by atoms with Crippen molar-refractivity contribution in [2.75, 3.05) is 0 Å². The molecule has 11 heavy (non-hydrogen) atoms. The zero-order valence-corrected chi connectivity index (χ0v) is 6.93. The first kappa shape index (κ1) is 6.93. The Morgan fingerprint density at radius 1 is 1.18 bits per heavy atom. The van der Waals surface area contributed by atoms with Crippen LogP contribution in [0.25, 0.3) is 6.08 Å². The fourth-order valence-electron chi connectivity index (χ4n) is 1.03. The third kappa shape index (κ3) is 1.63. The van der Waals surface area contributed by atoms with Gasteiger partial charge in [0.1, 0.15) is 0 Å². The van der Waals surface area contributed by atoms with Gasteiger partial charge in [-0.1, -0.05) is 41.4 Å². The zero-order chi connectivity index (χ0) is 7.68. The van der Waals surface area contributed by atoms with Crippen LogP contribution in [0.1, 0.15) is 18.4 Å². The standard InChI is InChI=1S/C10H9Cl/c11-10-4-2-1-3-9(10)7-8-5-6-8/h1-4,7H,5-6H2. The van der Waals surface area contributed by atoms with Crippen molar-refractivity contribution in [3.05, 3.63) is 40.4 Å². The van der Waals surface area contributed by atoms with Crippen LogP contribution in [0.2, 0.25) is 5.02 Å². The van der Waals surface area contributed by atoms with E-state index in [2.05, 4.69) is 6.08 Å². The largest absolute Gasteiger partial charge is 0.0837 e. The predicted octanol–water partition coefficient (Wildman–Crippen LogP) is 3.52. The summed E-state index contributed by atoms with van der Waals surface area (Å²) in [6.45, 7) is 0. The van der Waals surface area contributed by atoms with Crippen LogP contribution < -0.4 is 0 Å². The molecule has 0 atom stereocenters. The highest BCUT2D eigenvalue weighted by molar-refractivity contribution is 6.32. The van der Waals surface area contributed by atoms with Gasteiger partial charge in [0.05, 0.1) is 0 Å². The maximum absolute atomic E-state index is 5.95. The smallest absolute Gasteiger partial charge is 0.0478 e. The van der Waals surface area contributed by atoms with Gasteiger partial charge in [-0.15, -0.1) is 0 Å². The molecule has 1 aromatic rings. The Balaban J connectivity index is 2.36. The molecule has 0 saturated heterocycles. The lowest BCUT2D eigenvalue weighted by Crippen LogP contribution is -1.71. The van der Waals surface area contributed by atoms with E-state index in [0.717, 1.165) is 10.6 Å². The lowest BCUT2D eigenvalue weighted by Gasteiger charge is -1.94. The number of allylic oxidation sites excluding steroid dienone is 1. The van der Waals surface area contributed by atoms with Gasteiger partial charge in [-0.25, -0.2) is 0 Å². The SMILES string of the molecule is Clc1ccccc1C=C1CC1. The lowest BCUT2D eigenvalue weighted by molar-refractivity contribution is 1.50. The van der Waals surface area contributed by atoms with Crippen LogP contribution in [0, 0.1) is 0 Å². The highest BCUT2D eigenvalue weighted by Crippen LogP contribution is 2.31. The van der Waals surface area contributed by atoms with Crippen LogP contribution in [-0.2, 0) is 0 Å². The second-order valence-electron chi connectivity index (χ2n) is 2.82. The second kappa shape index (κ2) is 2.71. The Morgan fingerprint density at radius 3 is 2.55 bits per heavy atom. The van der Waals surface area contributed by atoms with Gasteiger partial charge in [-0.2, -0.15) is 0 Å². The number of halogens is 1. The molecule has 1 heteroatoms. The molecule has 1 aliphatic rings. The molecule has 1 fully saturated rings. The number of benzene rings is 1. The number of hydrogen-bond acceptors (Lipinski definition) is 0. The molecule has 0 aromatic heterocycles. The summed E-state index contributed by atoms with van der Waals surface area (Å²) in [6, 6.07) is 7.95. The highest BCUT2D eigenvalue weighted by atomic mass is 35.5. The van der Waals surface area contributed by atoms with Gasteiger partial charge >= 0.3 is 0 Å². The van der Waals surface area contributed by atoms with Gasteiger partial charge in [0.25, 0.3) is 0 Å². The molecule has 56 valence electrons. The molecule has 0 amide bonds. The van der Waals surface area contributed by atoms with E-state index in [4.69, 9.17) is 11.6 Å². The summed E-state index contributed by atoms with van der Waals surface area (Å²) in [5.74, 6) is 0. The quantitative estimate of drug-likeness (QED) is 0.596. The number of rotatable bonds is 1. The van der Waals surface area contributed by atoms with E-state index in [9.17, 15) is 0 Å². The normalized spacial score (nSPS) is 14.8.